The molecule has 0 heterocycles. The number of anilines is 1. The third-order valence-electron chi connectivity index (χ3n) is 5.38. The Morgan fingerprint density at radius 2 is 1.87 bits per heavy atom. The van der Waals surface area contributed by atoms with Crippen LogP contribution < -0.4 is 15.8 Å². The highest BCUT2D eigenvalue weighted by molar-refractivity contribution is 5.92. The lowest BCUT2D eigenvalue weighted by atomic mass is 9.65. The first-order valence-corrected chi connectivity index (χ1v) is 8.96. The Balaban J connectivity index is 1.56. The summed E-state index contributed by atoms with van der Waals surface area (Å²) in [4.78, 5) is 12.6. The minimum atomic E-state index is 0.112. The first-order chi connectivity index (χ1) is 11.2. The van der Waals surface area contributed by atoms with Crippen molar-refractivity contribution < 1.29 is 9.53 Å². The molecule has 0 aromatic heterocycles. The molecule has 1 amide bonds. The van der Waals surface area contributed by atoms with Gasteiger partial charge in [0, 0.05) is 17.6 Å². The van der Waals surface area contributed by atoms with E-state index in [1.165, 1.54) is 19.3 Å². The summed E-state index contributed by atoms with van der Waals surface area (Å²) in [5, 5.41) is 3.06. The lowest BCUT2D eigenvalue weighted by molar-refractivity contribution is -0.122. The summed E-state index contributed by atoms with van der Waals surface area (Å²) in [5.41, 5.74) is 7.16. The van der Waals surface area contributed by atoms with Crippen LogP contribution in [0.15, 0.2) is 24.3 Å². The second-order valence-corrected chi connectivity index (χ2v) is 7.06. The average molecular weight is 316 g/mol. The Hall–Kier alpha value is -1.55. The summed E-state index contributed by atoms with van der Waals surface area (Å²) in [5.74, 6) is 2.17. The molecule has 0 radical (unpaired) electrons. The number of rotatable bonds is 5. The van der Waals surface area contributed by atoms with Gasteiger partial charge < -0.3 is 15.8 Å². The van der Waals surface area contributed by atoms with Gasteiger partial charge in [-0.05, 0) is 68.2 Å². The van der Waals surface area contributed by atoms with Crippen LogP contribution in [0.25, 0.3) is 0 Å². The molecule has 2 atom stereocenters. The molecule has 4 heteroatoms. The Kier molecular flexibility index (Phi) is 5.21. The molecule has 2 fully saturated rings. The van der Waals surface area contributed by atoms with Gasteiger partial charge in [-0.1, -0.05) is 13.3 Å². The number of benzene rings is 1. The maximum absolute atomic E-state index is 12.6. The Bertz CT molecular complexity index is 515. The van der Waals surface area contributed by atoms with Crippen LogP contribution in [0.2, 0.25) is 0 Å². The van der Waals surface area contributed by atoms with Crippen molar-refractivity contribution in [2.24, 2.45) is 23.5 Å². The van der Waals surface area contributed by atoms with Crippen LogP contribution in [0, 0.1) is 17.8 Å². The minimum absolute atomic E-state index is 0.112. The van der Waals surface area contributed by atoms with Gasteiger partial charge in [-0.15, -0.1) is 0 Å². The van der Waals surface area contributed by atoms with E-state index in [0.29, 0.717) is 17.9 Å². The largest absolute Gasteiger partial charge is 0.494 e. The average Bonchev–Trinajstić information content (AvgIpc) is 2.54. The maximum Gasteiger partial charge on any atom is 0.227 e. The third kappa shape index (κ3) is 3.86. The Labute approximate surface area is 138 Å². The van der Waals surface area contributed by atoms with Crippen molar-refractivity contribution in [2.45, 2.75) is 51.5 Å². The second-order valence-electron chi connectivity index (χ2n) is 7.06. The lowest BCUT2D eigenvalue weighted by Crippen LogP contribution is -2.48. The van der Waals surface area contributed by atoms with Crippen LogP contribution in [0.4, 0.5) is 5.69 Å². The van der Waals surface area contributed by atoms with Gasteiger partial charge >= 0.3 is 0 Å². The number of hydrogen-bond donors (Lipinski definition) is 2. The molecule has 2 bridgehead atoms. The fourth-order valence-corrected chi connectivity index (χ4v) is 4.10. The van der Waals surface area contributed by atoms with Crippen LogP contribution in [-0.4, -0.2) is 18.6 Å². The normalized spacial score (nSPS) is 29.8. The van der Waals surface area contributed by atoms with Gasteiger partial charge in [0.05, 0.1) is 6.61 Å². The van der Waals surface area contributed by atoms with Crippen molar-refractivity contribution >= 4 is 11.6 Å². The van der Waals surface area contributed by atoms with E-state index in [2.05, 4.69) is 12.2 Å². The molecule has 0 saturated heterocycles. The summed E-state index contributed by atoms with van der Waals surface area (Å²) < 4.78 is 5.57. The molecular formula is C19H28N2O2. The van der Waals surface area contributed by atoms with Crippen molar-refractivity contribution in [3.63, 3.8) is 0 Å². The van der Waals surface area contributed by atoms with Crippen LogP contribution in [0.5, 0.6) is 5.75 Å². The molecule has 3 N–H and O–H groups in total. The van der Waals surface area contributed by atoms with E-state index >= 15 is 0 Å². The van der Waals surface area contributed by atoms with Crippen molar-refractivity contribution in [1.82, 2.24) is 0 Å². The van der Waals surface area contributed by atoms with Gasteiger partial charge in [-0.3, -0.25) is 4.79 Å². The number of nitrogens with one attached hydrogen (secondary N) is 1. The second kappa shape index (κ2) is 7.35. The van der Waals surface area contributed by atoms with E-state index in [0.717, 1.165) is 37.3 Å². The zero-order valence-electron chi connectivity index (χ0n) is 14.0. The quantitative estimate of drug-likeness (QED) is 0.873. The molecule has 3 rings (SSSR count). The summed E-state index contributed by atoms with van der Waals surface area (Å²) in [7, 11) is 0. The molecule has 23 heavy (non-hydrogen) atoms. The SMILES string of the molecule is CCCOc1ccc(NC(=O)C2CC3CCCC(C2)C3N)cc1. The maximum atomic E-state index is 12.6. The monoisotopic (exact) mass is 316 g/mol. The molecule has 2 unspecified atom stereocenters. The number of carbonyl (C=O) groups is 1. The predicted octanol–water partition coefficient (Wildman–Crippen LogP) is 3.57. The highest BCUT2D eigenvalue weighted by Gasteiger charge is 2.40. The van der Waals surface area contributed by atoms with Crippen LogP contribution >= 0.6 is 0 Å². The molecular weight excluding hydrogens is 288 g/mol. The van der Waals surface area contributed by atoms with Crippen molar-refractivity contribution in [1.29, 1.82) is 0 Å². The summed E-state index contributed by atoms with van der Waals surface area (Å²) in [6, 6.07) is 7.97. The van der Waals surface area contributed by atoms with Gasteiger partial charge in [-0.2, -0.15) is 0 Å². The Morgan fingerprint density at radius 1 is 1.22 bits per heavy atom. The smallest absolute Gasteiger partial charge is 0.227 e. The molecule has 126 valence electrons. The predicted molar refractivity (Wildman–Crippen MR) is 92.4 cm³/mol. The molecule has 2 aliphatic rings. The van der Waals surface area contributed by atoms with Gasteiger partial charge in [0.15, 0.2) is 0 Å². The summed E-state index contributed by atoms with van der Waals surface area (Å²) in [6.45, 7) is 2.80. The van der Waals surface area contributed by atoms with E-state index in [4.69, 9.17) is 10.5 Å². The number of ether oxygens (including phenoxy) is 1. The Morgan fingerprint density at radius 3 is 2.48 bits per heavy atom. The van der Waals surface area contributed by atoms with E-state index in [1.54, 1.807) is 0 Å². The lowest BCUT2D eigenvalue weighted by Gasteiger charge is -2.43. The number of carbonyl (C=O) groups excluding carboxylic acids is 1. The molecule has 1 aromatic rings. The molecule has 2 saturated carbocycles. The fourth-order valence-electron chi connectivity index (χ4n) is 4.10. The van der Waals surface area contributed by atoms with Crippen LogP contribution in [-0.2, 0) is 4.79 Å². The van der Waals surface area contributed by atoms with E-state index < -0.39 is 0 Å². The molecule has 1 aromatic carbocycles. The number of nitrogens with two attached hydrogens (primary N) is 1. The zero-order chi connectivity index (χ0) is 16.2. The number of fused-ring (bicyclic) bond motifs is 2. The summed E-state index contributed by atoms with van der Waals surface area (Å²) in [6.07, 6.45) is 6.53. The van der Waals surface area contributed by atoms with Crippen molar-refractivity contribution in [3.8, 4) is 5.75 Å². The first-order valence-electron chi connectivity index (χ1n) is 8.96. The first kappa shape index (κ1) is 16.3. The third-order valence-corrected chi connectivity index (χ3v) is 5.38. The standard InChI is InChI=1S/C19H28N2O2/c1-2-10-23-17-8-6-16(7-9-17)21-19(22)15-11-13-4-3-5-14(12-15)18(13)20/h6-9,13-15,18H,2-5,10-12,20H2,1H3,(H,21,22). The van der Waals surface area contributed by atoms with E-state index in [1.807, 2.05) is 24.3 Å². The highest BCUT2D eigenvalue weighted by atomic mass is 16.5. The van der Waals surface area contributed by atoms with Gasteiger partial charge in [0.1, 0.15) is 5.75 Å². The van der Waals surface area contributed by atoms with Crippen LogP contribution in [0.3, 0.4) is 0 Å². The molecule has 2 aliphatic carbocycles. The minimum Gasteiger partial charge on any atom is -0.494 e. The van der Waals surface area contributed by atoms with E-state index in [-0.39, 0.29) is 11.8 Å². The fraction of sp³-hybridized carbons (Fsp3) is 0.632. The molecule has 0 aliphatic heterocycles. The number of amides is 1. The number of hydrogen-bond acceptors (Lipinski definition) is 3. The molecule has 4 nitrogen and oxygen atoms in total. The topological polar surface area (TPSA) is 64.3 Å². The van der Waals surface area contributed by atoms with Gasteiger partial charge in [0.25, 0.3) is 0 Å². The summed E-state index contributed by atoms with van der Waals surface area (Å²) >= 11 is 0. The van der Waals surface area contributed by atoms with Gasteiger partial charge in [0.2, 0.25) is 5.91 Å². The zero-order valence-corrected chi connectivity index (χ0v) is 14.0. The van der Waals surface area contributed by atoms with Crippen molar-refractivity contribution in [3.05, 3.63) is 24.3 Å². The highest BCUT2D eigenvalue weighted by Crippen LogP contribution is 2.42. The van der Waals surface area contributed by atoms with E-state index in [9.17, 15) is 4.79 Å². The molecule has 0 spiro atoms. The van der Waals surface area contributed by atoms with Crippen LogP contribution in [0.1, 0.15) is 45.4 Å². The van der Waals surface area contributed by atoms with Crippen molar-refractivity contribution in [2.75, 3.05) is 11.9 Å². The van der Waals surface area contributed by atoms with Gasteiger partial charge in [-0.25, -0.2) is 0 Å².